The number of hydrogen-bond acceptors (Lipinski definition) is 6. The Morgan fingerprint density at radius 1 is 1.20 bits per heavy atom. The molecule has 0 spiro atoms. The largest absolute Gasteiger partial charge is 0.497 e. The van der Waals surface area contributed by atoms with Gasteiger partial charge in [0.15, 0.2) is 12.1 Å². The summed E-state index contributed by atoms with van der Waals surface area (Å²) >= 11 is 0. The minimum atomic E-state index is -3.53. The van der Waals surface area contributed by atoms with Gasteiger partial charge in [0.05, 0.1) is 18.6 Å². The van der Waals surface area contributed by atoms with Crippen LogP contribution in [0.1, 0.15) is 31.1 Å². The zero-order valence-corrected chi connectivity index (χ0v) is 16.0. The fourth-order valence-electron chi connectivity index (χ4n) is 1.94. The van der Waals surface area contributed by atoms with Gasteiger partial charge >= 0.3 is 0 Å². The highest BCUT2D eigenvalue weighted by Gasteiger charge is 2.28. The maximum atomic E-state index is 11.5. The zero-order valence-electron chi connectivity index (χ0n) is 15.2. The maximum absolute atomic E-state index is 11.5. The summed E-state index contributed by atoms with van der Waals surface area (Å²) in [6.07, 6.45) is -0.0370. The Morgan fingerprint density at radius 2 is 1.76 bits per heavy atom. The number of fused-ring (bicyclic) bond motifs is 1. The monoisotopic (exact) mass is 373 g/mol. The maximum Gasteiger partial charge on any atom is 0.241 e. The Bertz CT molecular complexity index is 639. The summed E-state index contributed by atoms with van der Waals surface area (Å²) in [4.78, 5) is 11.5. The predicted octanol–water partition coefficient (Wildman–Crippen LogP) is 2.38. The van der Waals surface area contributed by atoms with Crippen LogP contribution in [0.15, 0.2) is 36.3 Å². The van der Waals surface area contributed by atoms with Gasteiger partial charge in [-0.15, -0.1) is 13.2 Å². The Labute approximate surface area is 150 Å². The lowest BCUT2D eigenvalue weighted by Crippen LogP contribution is -2.36. The summed E-state index contributed by atoms with van der Waals surface area (Å²) in [5.41, 5.74) is 0.188. The summed E-state index contributed by atoms with van der Waals surface area (Å²) in [5.74, 6) is 0.220. The molecule has 2 rings (SSSR count). The Morgan fingerprint density at radius 3 is 2.24 bits per heavy atom. The average Bonchev–Trinajstić information content (AvgIpc) is 2.61. The van der Waals surface area contributed by atoms with Crippen molar-refractivity contribution in [1.29, 1.82) is 0 Å². The normalized spacial score (nSPS) is 14.5. The van der Waals surface area contributed by atoms with Crippen molar-refractivity contribution in [1.82, 2.24) is 4.72 Å². The number of ketones is 1. The number of methoxy groups -OCH3 is 1. The van der Waals surface area contributed by atoms with Gasteiger partial charge in [-0.25, -0.2) is 13.1 Å². The second-order valence-corrected chi connectivity index (χ2v) is 6.32. The van der Waals surface area contributed by atoms with Gasteiger partial charge in [0, 0.05) is 18.8 Å². The third kappa shape index (κ3) is 7.35. The fourth-order valence-corrected chi connectivity index (χ4v) is 3.13. The Balaban J connectivity index is 0.000000493. The molecule has 1 aromatic rings. The molecule has 1 N–H and O–H groups in total. The van der Waals surface area contributed by atoms with Gasteiger partial charge in [0.1, 0.15) is 5.75 Å². The second-order valence-electron chi connectivity index (χ2n) is 4.59. The lowest BCUT2D eigenvalue weighted by molar-refractivity contribution is -0.123. The fraction of sp³-hybridized carbons (Fsp3) is 0.471. The summed E-state index contributed by atoms with van der Waals surface area (Å²) < 4.78 is 40.3. The van der Waals surface area contributed by atoms with Crippen LogP contribution in [0.3, 0.4) is 0 Å². The van der Waals surface area contributed by atoms with E-state index in [9.17, 15) is 13.2 Å². The molecule has 0 amide bonds. The van der Waals surface area contributed by atoms with E-state index in [0.29, 0.717) is 5.75 Å². The number of hydrogen-bond donors (Lipinski definition) is 1. The molecule has 7 nitrogen and oxygen atoms in total. The molecule has 0 atom stereocenters. The molecule has 0 saturated carbocycles. The zero-order chi connectivity index (χ0) is 19.5. The van der Waals surface area contributed by atoms with Crippen molar-refractivity contribution in [2.45, 2.75) is 32.0 Å². The first-order valence-electron chi connectivity index (χ1n) is 7.79. The van der Waals surface area contributed by atoms with Crippen molar-refractivity contribution in [2.24, 2.45) is 0 Å². The molecule has 0 saturated heterocycles. The van der Waals surface area contributed by atoms with E-state index in [-0.39, 0.29) is 29.1 Å². The van der Waals surface area contributed by atoms with Crippen molar-refractivity contribution in [3.63, 3.8) is 0 Å². The SMILES string of the molecule is C=C.CCOC(C)OCC.COc1ccc2c(c1)C(=O)CNS2(=O)=O. The molecule has 142 valence electrons. The smallest absolute Gasteiger partial charge is 0.241 e. The topological polar surface area (TPSA) is 90.9 Å². The highest BCUT2D eigenvalue weighted by molar-refractivity contribution is 7.89. The number of rotatable bonds is 5. The summed E-state index contributed by atoms with van der Waals surface area (Å²) in [6, 6.07) is 4.32. The number of sulfonamides is 1. The minimum Gasteiger partial charge on any atom is -0.497 e. The molecule has 25 heavy (non-hydrogen) atoms. The summed E-state index contributed by atoms with van der Waals surface area (Å²) in [5, 5.41) is 0. The van der Waals surface area contributed by atoms with E-state index >= 15 is 0 Å². The van der Waals surface area contributed by atoms with E-state index < -0.39 is 10.0 Å². The van der Waals surface area contributed by atoms with Crippen LogP contribution in [-0.2, 0) is 19.5 Å². The van der Waals surface area contributed by atoms with Crippen molar-refractivity contribution in [2.75, 3.05) is 26.9 Å². The van der Waals surface area contributed by atoms with E-state index in [0.717, 1.165) is 13.2 Å². The molecule has 0 aromatic heterocycles. The van der Waals surface area contributed by atoms with Crippen LogP contribution >= 0.6 is 0 Å². The standard InChI is InChI=1S/C9H9NO4S.C6H14O2.C2H4/c1-14-6-2-3-9-7(4-6)8(11)5-10-15(9,12)13;1-4-7-6(3)8-5-2;1-2/h2-4,10H,5H2,1H3;6H,4-5H2,1-3H3;1-2H2. The number of ether oxygens (including phenoxy) is 3. The average molecular weight is 373 g/mol. The summed E-state index contributed by atoms with van der Waals surface area (Å²) in [6.45, 7) is 13.1. The predicted molar refractivity (Wildman–Crippen MR) is 96.5 cm³/mol. The second kappa shape index (κ2) is 11.8. The van der Waals surface area contributed by atoms with Crippen LogP contribution in [0.2, 0.25) is 0 Å². The van der Waals surface area contributed by atoms with Gasteiger partial charge in [-0.05, 0) is 39.0 Å². The molecule has 0 bridgehead atoms. The quantitative estimate of drug-likeness (QED) is 0.629. The molecular formula is C17H27NO6S. The van der Waals surface area contributed by atoms with Gasteiger partial charge in [-0.1, -0.05) is 0 Å². The first kappa shape index (κ1) is 23.3. The molecule has 0 aliphatic carbocycles. The molecule has 1 aliphatic heterocycles. The van der Waals surface area contributed by atoms with Gasteiger partial charge < -0.3 is 14.2 Å². The first-order valence-corrected chi connectivity index (χ1v) is 9.28. The van der Waals surface area contributed by atoms with Crippen LogP contribution in [0.4, 0.5) is 0 Å². The molecule has 1 aromatic carbocycles. The number of Topliss-reactive ketones (excluding diaryl/α,β-unsaturated/α-hetero) is 1. The highest BCUT2D eigenvalue weighted by atomic mass is 32.2. The Hall–Kier alpha value is -1.74. The van der Waals surface area contributed by atoms with Crippen molar-refractivity contribution in [3.05, 3.63) is 36.9 Å². The molecule has 1 heterocycles. The lowest BCUT2D eigenvalue weighted by atomic mass is 10.1. The van der Waals surface area contributed by atoms with Gasteiger partial charge in [0.2, 0.25) is 10.0 Å². The molecule has 1 aliphatic rings. The van der Waals surface area contributed by atoms with Gasteiger partial charge in [-0.2, -0.15) is 0 Å². The third-order valence-electron chi connectivity index (χ3n) is 3.00. The molecular weight excluding hydrogens is 346 g/mol. The number of carbonyl (C=O) groups excluding carboxylic acids is 1. The minimum absolute atomic E-state index is 0.0135. The lowest BCUT2D eigenvalue weighted by Gasteiger charge is -2.16. The van der Waals surface area contributed by atoms with Gasteiger partial charge in [-0.3, -0.25) is 4.79 Å². The van der Waals surface area contributed by atoms with E-state index in [1.807, 2.05) is 20.8 Å². The van der Waals surface area contributed by atoms with E-state index in [2.05, 4.69) is 17.9 Å². The van der Waals surface area contributed by atoms with Crippen LogP contribution in [0.25, 0.3) is 0 Å². The Kier molecular flexibility index (Phi) is 10.9. The van der Waals surface area contributed by atoms with E-state index in [4.69, 9.17) is 14.2 Å². The van der Waals surface area contributed by atoms with E-state index in [1.165, 1.54) is 25.3 Å². The van der Waals surface area contributed by atoms with Gasteiger partial charge in [0.25, 0.3) is 0 Å². The highest BCUT2D eigenvalue weighted by Crippen LogP contribution is 2.24. The number of benzene rings is 1. The molecule has 0 unspecified atom stereocenters. The van der Waals surface area contributed by atoms with E-state index in [1.54, 1.807) is 0 Å². The van der Waals surface area contributed by atoms with Crippen LogP contribution < -0.4 is 9.46 Å². The van der Waals surface area contributed by atoms with Crippen LogP contribution in [0, 0.1) is 0 Å². The van der Waals surface area contributed by atoms with Crippen LogP contribution in [0.5, 0.6) is 5.75 Å². The third-order valence-corrected chi connectivity index (χ3v) is 4.46. The van der Waals surface area contributed by atoms with Crippen molar-refractivity contribution in [3.8, 4) is 5.75 Å². The van der Waals surface area contributed by atoms with Crippen molar-refractivity contribution >= 4 is 15.8 Å². The molecule has 0 radical (unpaired) electrons. The van der Waals surface area contributed by atoms with Crippen LogP contribution in [-0.4, -0.2) is 47.4 Å². The number of carbonyl (C=O) groups is 1. The molecule has 0 fully saturated rings. The first-order chi connectivity index (χ1) is 11.9. The summed E-state index contributed by atoms with van der Waals surface area (Å²) in [7, 11) is -2.07. The molecule has 8 heteroatoms. The van der Waals surface area contributed by atoms with Crippen molar-refractivity contribution < 1.29 is 27.4 Å². The number of nitrogens with one attached hydrogen (secondary N) is 1.